The third-order valence-corrected chi connectivity index (χ3v) is 3.58. The molecule has 0 saturated heterocycles. The van der Waals surface area contributed by atoms with Crippen molar-refractivity contribution in [1.82, 2.24) is 9.97 Å². The number of aromatic nitrogens is 2. The Morgan fingerprint density at radius 2 is 2.05 bits per heavy atom. The minimum atomic E-state index is 0.390. The van der Waals surface area contributed by atoms with Gasteiger partial charge in [0.25, 0.3) is 0 Å². The Morgan fingerprint density at radius 1 is 1.30 bits per heavy atom. The standard InChI is InChI=1S/C15H12ClN3O/c1-9-13(16)18-14(10-6-7-10)19-15(9)20-12-5-3-2-4-11(12)8-17/h2-5,10H,6-7H2,1H3. The molecular weight excluding hydrogens is 274 g/mol. The third kappa shape index (κ3) is 2.45. The van der Waals surface area contributed by atoms with Crippen LogP contribution in [0, 0.1) is 18.3 Å². The molecule has 1 aliphatic carbocycles. The van der Waals surface area contributed by atoms with Gasteiger partial charge in [-0.25, -0.2) is 4.98 Å². The van der Waals surface area contributed by atoms with E-state index in [1.165, 1.54) is 0 Å². The van der Waals surface area contributed by atoms with E-state index in [0.717, 1.165) is 18.7 Å². The van der Waals surface area contributed by atoms with Crippen LogP contribution in [-0.4, -0.2) is 9.97 Å². The minimum absolute atomic E-state index is 0.390. The Kier molecular flexibility index (Phi) is 3.29. The molecule has 0 unspecified atom stereocenters. The third-order valence-electron chi connectivity index (χ3n) is 3.22. The second-order valence-corrected chi connectivity index (χ2v) is 5.15. The molecule has 5 heteroatoms. The zero-order valence-electron chi connectivity index (χ0n) is 10.9. The topological polar surface area (TPSA) is 58.8 Å². The first-order chi connectivity index (χ1) is 9.69. The average molecular weight is 286 g/mol. The van der Waals surface area contributed by atoms with Crippen molar-refractivity contribution < 1.29 is 4.74 Å². The van der Waals surface area contributed by atoms with Crippen molar-refractivity contribution in [2.75, 3.05) is 0 Å². The van der Waals surface area contributed by atoms with Crippen molar-refractivity contribution in [3.63, 3.8) is 0 Å². The lowest BCUT2D eigenvalue weighted by Crippen LogP contribution is -2.00. The summed E-state index contributed by atoms with van der Waals surface area (Å²) in [5.74, 6) is 2.02. The predicted molar refractivity (Wildman–Crippen MR) is 75.0 cm³/mol. The number of halogens is 1. The van der Waals surface area contributed by atoms with Gasteiger partial charge in [0.15, 0.2) is 0 Å². The Balaban J connectivity index is 2.00. The minimum Gasteiger partial charge on any atom is -0.437 e. The Morgan fingerprint density at radius 3 is 2.75 bits per heavy atom. The molecule has 100 valence electrons. The number of hydrogen-bond acceptors (Lipinski definition) is 4. The molecule has 0 bridgehead atoms. The second kappa shape index (κ2) is 5.10. The van der Waals surface area contributed by atoms with Crippen LogP contribution in [0.25, 0.3) is 0 Å². The van der Waals surface area contributed by atoms with Gasteiger partial charge < -0.3 is 4.74 Å². The zero-order chi connectivity index (χ0) is 14.1. The molecule has 0 N–H and O–H groups in total. The van der Waals surface area contributed by atoms with Crippen molar-refractivity contribution in [2.45, 2.75) is 25.7 Å². The second-order valence-electron chi connectivity index (χ2n) is 4.79. The first-order valence-corrected chi connectivity index (χ1v) is 6.78. The number of nitriles is 1. The lowest BCUT2D eigenvalue weighted by Gasteiger charge is -2.11. The van der Waals surface area contributed by atoms with Crippen molar-refractivity contribution in [3.05, 3.63) is 46.4 Å². The van der Waals surface area contributed by atoms with Crippen LogP contribution in [0.2, 0.25) is 5.15 Å². The van der Waals surface area contributed by atoms with E-state index in [1.807, 2.05) is 13.0 Å². The maximum atomic E-state index is 9.08. The fourth-order valence-electron chi connectivity index (χ4n) is 1.86. The van der Waals surface area contributed by atoms with E-state index >= 15 is 0 Å². The SMILES string of the molecule is Cc1c(Cl)nc(C2CC2)nc1Oc1ccccc1C#N. The molecule has 1 aromatic heterocycles. The molecule has 1 heterocycles. The van der Waals surface area contributed by atoms with Gasteiger partial charge in [0.1, 0.15) is 22.8 Å². The maximum absolute atomic E-state index is 9.08. The van der Waals surface area contributed by atoms with Gasteiger partial charge in [-0.3, -0.25) is 0 Å². The quantitative estimate of drug-likeness (QED) is 0.800. The Hall–Kier alpha value is -2.12. The van der Waals surface area contributed by atoms with Gasteiger partial charge in [-0.05, 0) is 31.9 Å². The molecule has 0 amide bonds. The Bertz CT molecular complexity index is 705. The monoisotopic (exact) mass is 285 g/mol. The van der Waals surface area contributed by atoms with E-state index < -0.39 is 0 Å². The van der Waals surface area contributed by atoms with E-state index in [-0.39, 0.29) is 0 Å². The van der Waals surface area contributed by atoms with E-state index in [2.05, 4.69) is 16.0 Å². The summed E-state index contributed by atoms with van der Waals surface area (Å²) in [4.78, 5) is 8.73. The van der Waals surface area contributed by atoms with Gasteiger partial charge >= 0.3 is 0 Å². The summed E-state index contributed by atoms with van der Waals surface area (Å²) in [6.07, 6.45) is 2.18. The highest BCUT2D eigenvalue weighted by Gasteiger charge is 2.28. The smallest absolute Gasteiger partial charge is 0.227 e. The zero-order valence-corrected chi connectivity index (χ0v) is 11.7. The molecule has 0 atom stereocenters. The van der Waals surface area contributed by atoms with E-state index in [0.29, 0.717) is 33.8 Å². The predicted octanol–water partition coefficient (Wildman–Crippen LogP) is 3.98. The Labute approximate surface area is 122 Å². The summed E-state index contributed by atoms with van der Waals surface area (Å²) in [5.41, 5.74) is 1.15. The van der Waals surface area contributed by atoms with Crippen LogP contribution in [0.3, 0.4) is 0 Å². The summed E-state index contributed by atoms with van der Waals surface area (Å²) in [5, 5.41) is 9.49. The van der Waals surface area contributed by atoms with Crippen molar-refractivity contribution in [3.8, 4) is 17.7 Å². The van der Waals surface area contributed by atoms with Crippen LogP contribution >= 0.6 is 11.6 Å². The maximum Gasteiger partial charge on any atom is 0.227 e. The van der Waals surface area contributed by atoms with Crippen LogP contribution in [-0.2, 0) is 0 Å². The van der Waals surface area contributed by atoms with Crippen LogP contribution in [0.1, 0.15) is 35.7 Å². The molecule has 20 heavy (non-hydrogen) atoms. The van der Waals surface area contributed by atoms with Gasteiger partial charge in [-0.2, -0.15) is 10.2 Å². The normalized spacial score (nSPS) is 13.8. The van der Waals surface area contributed by atoms with Crippen LogP contribution in [0.5, 0.6) is 11.6 Å². The number of benzene rings is 1. The summed E-state index contributed by atoms with van der Waals surface area (Å²) < 4.78 is 5.77. The molecule has 2 aromatic rings. The summed E-state index contributed by atoms with van der Waals surface area (Å²) in [6.45, 7) is 1.81. The number of para-hydroxylation sites is 1. The molecule has 0 aliphatic heterocycles. The van der Waals surface area contributed by atoms with Gasteiger partial charge in [0, 0.05) is 11.5 Å². The highest BCUT2D eigenvalue weighted by Crippen LogP contribution is 2.40. The molecule has 1 fully saturated rings. The molecule has 1 saturated carbocycles. The number of nitrogens with zero attached hydrogens (tertiary/aromatic N) is 3. The van der Waals surface area contributed by atoms with Crippen molar-refractivity contribution in [2.24, 2.45) is 0 Å². The molecule has 0 spiro atoms. The molecule has 4 nitrogen and oxygen atoms in total. The lowest BCUT2D eigenvalue weighted by molar-refractivity contribution is 0.453. The van der Waals surface area contributed by atoms with Gasteiger partial charge in [-0.15, -0.1) is 0 Å². The largest absolute Gasteiger partial charge is 0.437 e. The van der Waals surface area contributed by atoms with Gasteiger partial charge in [-0.1, -0.05) is 23.7 Å². The van der Waals surface area contributed by atoms with Crippen molar-refractivity contribution in [1.29, 1.82) is 5.26 Å². The number of ether oxygens (including phenoxy) is 1. The first-order valence-electron chi connectivity index (χ1n) is 6.40. The average Bonchev–Trinajstić information content (AvgIpc) is 3.28. The fraction of sp³-hybridized carbons (Fsp3) is 0.267. The molecule has 3 rings (SSSR count). The fourth-order valence-corrected chi connectivity index (χ4v) is 2.03. The van der Waals surface area contributed by atoms with Crippen LogP contribution in [0.15, 0.2) is 24.3 Å². The molecule has 0 radical (unpaired) electrons. The lowest BCUT2D eigenvalue weighted by atomic mass is 10.2. The highest BCUT2D eigenvalue weighted by atomic mass is 35.5. The van der Waals surface area contributed by atoms with Gasteiger partial charge in [0.2, 0.25) is 5.88 Å². The van der Waals surface area contributed by atoms with E-state index in [9.17, 15) is 0 Å². The van der Waals surface area contributed by atoms with Crippen LogP contribution < -0.4 is 4.74 Å². The summed E-state index contributed by atoms with van der Waals surface area (Å²) in [6, 6.07) is 9.15. The van der Waals surface area contributed by atoms with E-state index in [1.54, 1.807) is 18.2 Å². The van der Waals surface area contributed by atoms with Crippen LogP contribution in [0.4, 0.5) is 0 Å². The molecule has 1 aromatic carbocycles. The summed E-state index contributed by atoms with van der Waals surface area (Å²) >= 11 is 6.13. The first kappa shape index (κ1) is 12.9. The molecular formula is C15H12ClN3O. The van der Waals surface area contributed by atoms with Crippen molar-refractivity contribution >= 4 is 11.6 Å². The summed E-state index contributed by atoms with van der Waals surface area (Å²) in [7, 11) is 0. The molecule has 1 aliphatic rings. The highest BCUT2D eigenvalue weighted by molar-refractivity contribution is 6.30. The number of hydrogen-bond donors (Lipinski definition) is 0. The van der Waals surface area contributed by atoms with E-state index in [4.69, 9.17) is 21.6 Å². The number of rotatable bonds is 3. The van der Waals surface area contributed by atoms with Gasteiger partial charge in [0.05, 0.1) is 5.56 Å².